The van der Waals surface area contributed by atoms with Gasteiger partial charge in [0.05, 0.1) is 5.56 Å². The van der Waals surface area contributed by atoms with E-state index in [1.54, 1.807) is 6.07 Å². The number of piperidine rings is 1. The number of likely N-dealkylation sites (tertiary alicyclic amines) is 1. The molecule has 0 aromatic heterocycles. The minimum absolute atomic E-state index is 0.238. The number of nitrogens with zero attached hydrogens (tertiary/aromatic N) is 1. The van der Waals surface area contributed by atoms with Gasteiger partial charge in [-0.3, -0.25) is 4.90 Å². The highest BCUT2D eigenvalue weighted by molar-refractivity contribution is 5.88. The maximum Gasteiger partial charge on any atom is 0.338 e. The second-order valence-corrected chi connectivity index (χ2v) is 5.10. The Morgan fingerprint density at radius 1 is 1.56 bits per heavy atom. The summed E-state index contributed by atoms with van der Waals surface area (Å²) in [5.41, 5.74) is 0.625. The van der Waals surface area contributed by atoms with Gasteiger partial charge in [-0.25, -0.2) is 9.18 Å². The molecule has 1 atom stereocenters. The van der Waals surface area contributed by atoms with Crippen LogP contribution in [0.15, 0.2) is 18.2 Å². The van der Waals surface area contributed by atoms with Gasteiger partial charge in [-0.1, -0.05) is 13.0 Å². The van der Waals surface area contributed by atoms with E-state index in [1.165, 1.54) is 25.0 Å². The van der Waals surface area contributed by atoms with E-state index in [4.69, 9.17) is 5.11 Å². The summed E-state index contributed by atoms with van der Waals surface area (Å²) >= 11 is 0. The van der Waals surface area contributed by atoms with Gasteiger partial charge in [0.2, 0.25) is 0 Å². The second-order valence-electron chi connectivity index (χ2n) is 5.10. The first-order valence-electron chi connectivity index (χ1n) is 6.30. The zero-order valence-electron chi connectivity index (χ0n) is 10.5. The molecule has 1 aliphatic heterocycles. The van der Waals surface area contributed by atoms with Crippen molar-refractivity contribution in [3.8, 4) is 0 Å². The minimum atomic E-state index is -1.21. The van der Waals surface area contributed by atoms with Crippen molar-refractivity contribution in [3.05, 3.63) is 35.1 Å². The molecule has 1 unspecified atom stereocenters. The zero-order chi connectivity index (χ0) is 13.1. The summed E-state index contributed by atoms with van der Waals surface area (Å²) in [4.78, 5) is 13.2. The molecule has 2 rings (SSSR count). The molecule has 1 saturated heterocycles. The highest BCUT2D eigenvalue weighted by atomic mass is 19.1. The number of carboxylic acids is 1. The third-order valence-corrected chi connectivity index (χ3v) is 3.41. The van der Waals surface area contributed by atoms with E-state index >= 15 is 0 Å². The molecule has 1 fully saturated rings. The predicted molar refractivity (Wildman–Crippen MR) is 67.0 cm³/mol. The average molecular weight is 251 g/mol. The molecule has 1 heterocycles. The first-order chi connectivity index (χ1) is 8.56. The minimum Gasteiger partial charge on any atom is -0.478 e. The molecule has 1 N–H and O–H groups in total. The van der Waals surface area contributed by atoms with Gasteiger partial charge in [0, 0.05) is 13.1 Å². The van der Waals surface area contributed by atoms with Crippen molar-refractivity contribution in [1.29, 1.82) is 0 Å². The fourth-order valence-electron chi connectivity index (χ4n) is 2.52. The number of rotatable bonds is 3. The lowest BCUT2D eigenvalue weighted by molar-refractivity contribution is 0.0691. The molecular formula is C14H18FNO2. The van der Waals surface area contributed by atoms with Crippen LogP contribution in [0.5, 0.6) is 0 Å². The van der Waals surface area contributed by atoms with Crippen molar-refractivity contribution in [1.82, 2.24) is 4.90 Å². The summed E-state index contributed by atoms with van der Waals surface area (Å²) in [6.45, 7) is 4.98. The molecule has 98 valence electrons. The van der Waals surface area contributed by atoms with Gasteiger partial charge in [0.25, 0.3) is 0 Å². The summed E-state index contributed by atoms with van der Waals surface area (Å²) in [5, 5.41) is 8.88. The van der Waals surface area contributed by atoms with E-state index in [1.807, 2.05) is 0 Å². The number of carboxylic acid groups (broad SMARTS) is 1. The van der Waals surface area contributed by atoms with Crippen molar-refractivity contribution < 1.29 is 14.3 Å². The lowest BCUT2D eigenvalue weighted by atomic mass is 9.99. The maximum absolute atomic E-state index is 13.3. The van der Waals surface area contributed by atoms with Gasteiger partial charge in [-0.15, -0.1) is 0 Å². The van der Waals surface area contributed by atoms with Gasteiger partial charge in [-0.05, 0) is 43.0 Å². The molecule has 0 bridgehead atoms. The molecule has 1 aromatic carbocycles. The predicted octanol–water partition coefficient (Wildman–Crippen LogP) is 2.76. The van der Waals surface area contributed by atoms with Gasteiger partial charge < -0.3 is 5.11 Å². The average Bonchev–Trinajstić information content (AvgIpc) is 2.31. The van der Waals surface area contributed by atoms with Crippen LogP contribution in [0.4, 0.5) is 4.39 Å². The Hall–Kier alpha value is -1.42. The number of hydrogen-bond donors (Lipinski definition) is 1. The van der Waals surface area contributed by atoms with Crippen molar-refractivity contribution in [2.45, 2.75) is 26.3 Å². The van der Waals surface area contributed by atoms with Gasteiger partial charge in [0.15, 0.2) is 0 Å². The monoisotopic (exact) mass is 251 g/mol. The number of hydrogen-bond acceptors (Lipinski definition) is 2. The quantitative estimate of drug-likeness (QED) is 0.898. The van der Waals surface area contributed by atoms with Crippen LogP contribution in [0.1, 0.15) is 35.7 Å². The fourth-order valence-corrected chi connectivity index (χ4v) is 2.52. The van der Waals surface area contributed by atoms with E-state index in [-0.39, 0.29) is 5.56 Å². The highest BCUT2D eigenvalue weighted by Gasteiger charge is 2.17. The Morgan fingerprint density at radius 2 is 2.33 bits per heavy atom. The number of benzene rings is 1. The van der Waals surface area contributed by atoms with Crippen LogP contribution in [-0.4, -0.2) is 29.1 Å². The van der Waals surface area contributed by atoms with E-state index in [0.717, 1.165) is 18.7 Å². The summed E-state index contributed by atoms with van der Waals surface area (Å²) in [7, 11) is 0. The van der Waals surface area contributed by atoms with Crippen LogP contribution in [0, 0.1) is 11.7 Å². The third kappa shape index (κ3) is 3.07. The summed E-state index contributed by atoms with van der Waals surface area (Å²) < 4.78 is 13.3. The normalized spacial score (nSPS) is 20.9. The van der Waals surface area contributed by atoms with Crippen molar-refractivity contribution in [3.63, 3.8) is 0 Å². The molecule has 0 saturated carbocycles. The molecule has 0 amide bonds. The van der Waals surface area contributed by atoms with Crippen LogP contribution in [-0.2, 0) is 6.54 Å². The summed E-state index contributed by atoms with van der Waals surface area (Å²) in [6, 6.07) is 4.35. The lowest BCUT2D eigenvalue weighted by Crippen LogP contribution is -2.33. The number of aromatic carboxylic acids is 1. The molecule has 1 aliphatic rings. The Balaban J connectivity index is 2.09. The van der Waals surface area contributed by atoms with Crippen LogP contribution in [0.3, 0.4) is 0 Å². The number of halogens is 1. The molecule has 0 aliphatic carbocycles. The lowest BCUT2D eigenvalue weighted by Gasteiger charge is -2.30. The highest BCUT2D eigenvalue weighted by Crippen LogP contribution is 2.19. The standard InChI is InChI=1S/C14H18FNO2/c1-10-3-2-6-16(8-10)9-11-4-5-13(15)12(7-11)14(17)18/h4-5,7,10H,2-3,6,8-9H2,1H3,(H,17,18). The Kier molecular flexibility index (Phi) is 3.97. The SMILES string of the molecule is CC1CCCN(Cc2ccc(F)c(C(=O)O)c2)C1. The molecule has 18 heavy (non-hydrogen) atoms. The zero-order valence-corrected chi connectivity index (χ0v) is 10.5. The molecule has 3 nitrogen and oxygen atoms in total. The van der Waals surface area contributed by atoms with Gasteiger partial charge in [-0.2, -0.15) is 0 Å². The number of carbonyl (C=O) groups is 1. The Morgan fingerprint density at radius 3 is 3.00 bits per heavy atom. The second kappa shape index (κ2) is 5.48. The smallest absolute Gasteiger partial charge is 0.338 e. The summed E-state index contributed by atoms with van der Waals surface area (Å²) in [5.74, 6) is -1.20. The Labute approximate surface area is 106 Å². The molecule has 0 spiro atoms. The first kappa shape index (κ1) is 13.0. The van der Waals surface area contributed by atoms with Crippen molar-refractivity contribution >= 4 is 5.97 Å². The third-order valence-electron chi connectivity index (χ3n) is 3.41. The molecule has 4 heteroatoms. The Bertz CT molecular complexity index is 447. The van der Waals surface area contributed by atoms with E-state index in [0.29, 0.717) is 12.5 Å². The molecule has 0 radical (unpaired) electrons. The molecular weight excluding hydrogens is 233 g/mol. The van der Waals surface area contributed by atoms with E-state index in [2.05, 4.69) is 11.8 Å². The van der Waals surface area contributed by atoms with Gasteiger partial charge in [0.1, 0.15) is 5.82 Å². The largest absolute Gasteiger partial charge is 0.478 e. The maximum atomic E-state index is 13.3. The van der Waals surface area contributed by atoms with Crippen LogP contribution in [0.2, 0.25) is 0 Å². The van der Waals surface area contributed by atoms with Crippen molar-refractivity contribution in [2.24, 2.45) is 5.92 Å². The van der Waals surface area contributed by atoms with E-state index in [9.17, 15) is 9.18 Å². The van der Waals surface area contributed by atoms with Crippen molar-refractivity contribution in [2.75, 3.05) is 13.1 Å². The topological polar surface area (TPSA) is 40.5 Å². The summed E-state index contributed by atoms with van der Waals surface area (Å²) in [6.07, 6.45) is 2.43. The van der Waals surface area contributed by atoms with Gasteiger partial charge >= 0.3 is 5.97 Å². The van der Waals surface area contributed by atoms with E-state index < -0.39 is 11.8 Å². The molecule has 1 aromatic rings. The van der Waals surface area contributed by atoms with Crippen LogP contribution < -0.4 is 0 Å². The first-order valence-corrected chi connectivity index (χ1v) is 6.30. The fraction of sp³-hybridized carbons (Fsp3) is 0.500. The van der Waals surface area contributed by atoms with Crippen LogP contribution >= 0.6 is 0 Å². The van der Waals surface area contributed by atoms with Crippen LogP contribution in [0.25, 0.3) is 0 Å².